The van der Waals surface area contributed by atoms with Crippen LogP contribution in [-0.4, -0.2) is 14.1 Å². The van der Waals surface area contributed by atoms with E-state index in [1.54, 1.807) is 0 Å². The zero-order chi connectivity index (χ0) is 56.3. The highest BCUT2D eigenvalue weighted by Crippen LogP contribution is 2.47. The topological polar surface area (TPSA) is 35.2 Å². The Bertz CT molecular complexity index is 4560. The standard InChI is InChI=1S/C76H72N4O/c1-73(2,3)51-32-30-48(31-33-51)49-40-50(42-54(41-49)76(10,11)12)58-25-18-26-64-61-36-34-52(74(4,5)6)43-66(61)60-23-14-13-22-59(60)65-27-19-29-68-72(65)79(71(58)64)47-78(68)55-20-17-21-56(45-55)81-57-35-37-63-62-24-15-16-28-67(62)80(69(63)46-57)70-44-53(38-39-77-70)75(7,8)9/h13-46H,47H2,1-12H3. The molecule has 3 aromatic heterocycles. The molecule has 0 saturated heterocycles. The minimum Gasteiger partial charge on any atom is -0.457 e. The second-order valence-corrected chi connectivity index (χ2v) is 26.6. The Morgan fingerprint density at radius 1 is 0.370 bits per heavy atom. The smallest absolute Gasteiger partial charge is 0.137 e. The fourth-order valence-corrected chi connectivity index (χ4v) is 12.3. The van der Waals surface area contributed by atoms with Crippen LogP contribution in [0.3, 0.4) is 0 Å². The largest absolute Gasteiger partial charge is 0.457 e. The van der Waals surface area contributed by atoms with Gasteiger partial charge < -0.3 is 14.2 Å². The van der Waals surface area contributed by atoms with E-state index in [0.717, 1.165) is 45.1 Å². The lowest BCUT2D eigenvalue weighted by molar-refractivity contribution is 0.483. The summed E-state index contributed by atoms with van der Waals surface area (Å²) in [5.74, 6) is 2.41. The highest BCUT2D eigenvalue weighted by Gasteiger charge is 2.28. The Hall–Kier alpha value is -8.67. The first-order valence-corrected chi connectivity index (χ1v) is 28.8. The maximum atomic E-state index is 6.97. The molecular formula is C76H72N4O. The molecule has 9 aromatic carbocycles. The van der Waals surface area contributed by atoms with Crippen LogP contribution in [0.15, 0.2) is 206 Å². The Morgan fingerprint density at radius 2 is 0.938 bits per heavy atom. The maximum Gasteiger partial charge on any atom is 0.137 e. The van der Waals surface area contributed by atoms with Gasteiger partial charge in [-0.05, 0) is 143 Å². The fourth-order valence-electron chi connectivity index (χ4n) is 12.3. The first-order valence-electron chi connectivity index (χ1n) is 28.8. The van der Waals surface area contributed by atoms with E-state index in [4.69, 9.17) is 9.72 Å². The molecule has 0 atom stereocenters. The summed E-state index contributed by atoms with van der Waals surface area (Å²) in [6, 6.07) is 74.7. The van der Waals surface area contributed by atoms with Crippen LogP contribution < -0.4 is 9.64 Å². The summed E-state index contributed by atoms with van der Waals surface area (Å²) in [7, 11) is 0. The van der Waals surface area contributed by atoms with E-state index in [1.165, 1.54) is 93.2 Å². The van der Waals surface area contributed by atoms with Crippen molar-refractivity contribution >= 4 is 76.5 Å². The van der Waals surface area contributed by atoms with Crippen molar-refractivity contribution in [3.8, 4) is 39.6 Å². The molecule has 0 saturated carbocycles. The molecule has 0 fully saturated rings. The van der Waals surface area contributed by atoms with Crippen molar-refractivity contribution in [1.29, 1.82) is 0 Å². The molecular weight excluding hydrogens is 985 g/mol. The van der Waals surface area contributed by atoms with Gasteiger partial charge in [-0.15, -0.1) is 0 Å². The Kier molecular flexibility index (Phi) is 12.1. The van der Waals surface area contributed by atoms with Crippen molar-refractivity contribution in [3.63, 3.8) is 0 Å². The van der Waals surface area contributed by atoms with Crippen LogP contribution >= 0.6 is 0 Å². The number of aromatic nitrogens is 3. The predicted molar refractivity (Wildman–Crippen MR) is 345 cm³/mol. The molecule has 0 spiro atoms. The van der Waals surface area contributed by atoms with Gasteiger partial charge in [0, 0.05) is 51.1 Å². The van der Waals surface area contributed by atoms with E-state index in [0.29, 0.717) is 6.67 Å². The first kappa shape index (κ1) is 51.7. The van der Waals surface area contributed by atoms with E-state index in [-0.39, 0.29) is 21.7 Å². The number of benzene rings is 9. The predicted octanol–water partition coefficient (Wildman–Crippen LogP) is 21.1. The number of hydrogen-bond acceptors (Lipinski definition) is 3. The van der Waals surface area contributed by atoms with Crippen LogP contribution in [0.1, 0.15) is 105 Å². The SMILES string of the molecule is CC(C)(C)c1ccc(-c2cc(-c3cccc4c5ccc(C(C)(C)C)cc5c5ccccc5c5cccc6c5n(c34)CN6c3cccc(Oc4ccc5c6ccccc6n(-c6cc(C(C)(C)C)ccn6)c5c4)c3)cc(C(C)(C)C)c2)cc1. The molecule has 0 N–H and O–H groups in total. The summed E-state index contributed by atoms with van der Waals surface area (Å²) in [6.45, 7) is 28.1. The van der Waals surface area contributed by atoms with Gasteiger partial charge in [0.1, 0.15) is 24.0 Å². The van der Waals surface area contributed by atoms with Crippen molar-refractivity contribution < 1.29 is 4.74 Å². The molecule has 5 nitrogen and oxygen atoms in total. The molecule has 402 valence electrons. The molecule has 81 heavy (non-hydrogen) atoms. The molecule has 1 aliphatic heterocycles. The fraction of sp³-hybridized carbons (Fsp3) is 0.224. The summed E-state index contributed by atoms with van der Waals surface area (Å²) in [4.78, 5) is 7.42. The summed E-state index contributed by atoms with van der Waals surface area (Å²) in [6.07, 6.45) is 1.93. The molecule has 0 bridgehead atoms. The summed E-state index contributed by atoms with van der Waals surface area (Å²) in [5, 5.41) is 9.63. The molecule has 1 aliphatic rings. The highest BCUT2D eigenvalue weighted by atomic mass is 16.5. The Balaban J connectivity index is 1.02. The summed E-state index contributed by atoms with van der Waals surface area (Å²) >= 11 is 0. The molecule has 0 amide bonds. The van der Waals surface area contributed by atoms with Crippen molar-refractivity contribution in [1.82, 2.24) is 14.1 Å². The zero-order valence-electron chi connectivity index (χ0n) is 49.0. The number of rotatable bonds is 6. The molecule has 0 radical (unpaired) electrons. The lowest BCUT2D eigenvalue weighted by Crippen LogP contribution is -2.15. The molecule has 0 aliphatic carbocycles. The number of fused-ring (bicyclic) bond motifs is 10. The number of nitrogens with zero attached hydrogens (tertiary/aromatic N) is 4. The van der Waals surface area contributed by atoms with Crippen LogP contribution in [0.2, 0.25) is 0 Å². The van der Waals surface area contributed by atoms with E-state index >= 15 is 0 Å². The normalized spacial score (nSPS) is 13.1. The Labute approximate surface area is 477 Å². The number of hydrogen-bond donors (Lipinski definition) is 0. The number of para-hydroxylation sites is 3. The summed E-state index contributed by atoms with van der Waals surface area (Å²) < 4.78 is 11.9. The van der Waals surface area contributed by atoms with Crippen LogP contribution in [0.5, 0.6) is 11.5 Å². The van der Waals surface area contributed by atoms with Gasteiger partial charge in [-0.1, -0.05) is 210 Å². The van der Waals surface area contributed by atoms with Crippen LogP contribution in [0.25, 0.3) is 93.2 Å². The van der Waals surface area contributed by atoms with E-state index in [2.05, 4.69) is 297 Å². The van der Waals surface area contributed by atoms with Crippen LogP contribution in [0, 0.1) is 0 Å². The second kappa shape index (κ2) is 19.0. The van der Waals surface area contributed by atoms with Gasteiger partial charge in [0.15, 0.2) is 0 Å². The minimum atomic E-state index is -0.106. The number of pyridine rings is 1. The highest BCUT2D eigenvalue weighted by molar-refractivity contribution is 6.22. The van der Waals surface area contributed by atoms with Gasteiger partial charge >= 0.3 is 0 Å². The lowest BCUT2D eigenvalue weighted by Gasteiger charge is -2.23. The van der Waals surface area contributed by atoms with Gasteiger partial charge in [0.05, 0.1) is 27.8 Å². The van der Waals surface area contributed by atoms with E-state index < -0.39 is 0 Å². The molecule has 5 heteroatoms. The van der Waals surface area contributed by atoms with Gasteiger partial charge in [0.2, 0.25) is 0 Å². The van der Waals surface area contributed by atoms with E-state index in [1.807, 2.05) is 6.20 Å². The second-order valence-electron chi connectivity index (χ2n) is 26.6. The number of anilines is 2. The molecule has 4 heterocycles. The molecule has 13 rings (SSSR count). The molecule has 0 unspecified atom stereocenters. The van der Waals surface area contributed by atoms with Gasteiger partial charge in [-0.2, -0.15) is 0 Å². The van der Waals surface area contributed by atoms with Crippen LogP contribution in [-0.2, 0) is 28.3 Å². The van der Waals surface area contributed by atoms with Crippen molar-refractivity contribution in [3.05, 3.63) is 229 Å². The van der Waals surface area contributed by atoms with Crippen molar-refractivity contribution in [2.24, 2.45) is 0 Å². The quantitative estimate of drug-likeness (QED) is 0.166. The van der Waals surface area contributed by atoms with E-state index in [9.17, 15) is 0 Å². The van der Waals surface area contributed by atoms with Gasteiger partial charge in [-0.25, -0.2) is 4.98 Å². The van der Waals surface area contributed by atoms with Gasteiger partial charge in [0.25, 0.3) is 0 Å². The maximum absolute atomic E-state index is 6.97. The van der Waals surface area contributed by atoms with Gasteiger partial charge in [-0.3, -0.25) is 4.57 Å². The number of ether oxygens (including phenoxy) is 1. The third-order valence-electron chi connectivity index (χ3n) is 16.9. The summed E-state index contributed by atoms with van der Waals surface area (Å²) in [5.41, 5.74) is 16.6. The van der Waals surface area contributed by atoms with Crippen LogP contribution in [0.4, 0.5) is 11.4 Å². The Morgan fingerprint density at radius 3 is 1.67 bits per heavy atom. The third-order valence-corrected chi connectivity index (χ3v) is 16.9. The third kappa shape index (κ3) is 9.17. The van der Waals surface area contributed by atoms with Crippen molar-refractivity contribution in [2.45, 2.75) is 111 Å². The minimum absolute atomic E-state index is 0.0282. The van der Waals surface area contributed by atoms with Crippen molar-refractivity contribution in [2.75, 3.05) is 4.90 Å². The zero-order valence-corrected chi connectivity index (χ0v) is 49.0. The lowest BCUT2D eigenvalue weighted by atomic mass is 9.82. The average molecular weight is 1060 g/mol. The first-order chi connectivity index (χ1) is 38.7. The average Bonchev–Trinajstić information content (AvgIpc) is 4.26. The monoisotopic (exact) mass is 1060 g/mol. The molecule has 12 aromatic rings.